The molecule has 0 saturated carbocycles. The average Bonchev–Trinajstić information content (AvgIpc) is 3.20. The van der Waals surface area contributed by atoms with Crippen LogP contribution in [0.3, 0.4) is 0 Å². The van der Waals surface area contributed by atoms with Crippen molar-refractivity contribution in [1.29, 1.82) is 5.26 Å². The summed E-state index contributed by atoms with van der Waals surface area (Å²) < 4.78 is 7.45. The van der Waals surface area contributed by atoms with E-state index in [1.165, 1.54) is 11.1 Å². The monoisotopic (exact) mass is 400 g/mol. The highest BCUT2D eigenvalue weighted by molar-refractivity contribution is 5.76. The van der Waals surface area contributed by atoms with Crippen molar-refractivity contribution >= 4 is 5.97 Å². The van der Waals surface area contributed by atoms with Crippen molar-refractivity contribution in [3.63, 3.8) is 0 Å². The third-order valence-corrected chi connectivity index (χ3v) is 5.50. The predicted molar refractivity (Wildman–Crippen MR) is 112 cm³/mol. The molecule has 1 aliphatic heterocycles. The third kappa shape index (κ3) is 4.27. The van der Waals surface area contributed by atoms with Crippen LogP contribution < -0.4 is 0 Å². The summed E-state index contributed by atoms with van der Waals surface area (Å²) in [6, 6.07) is 17.7. The summed E-state index contributed by atoms with van der Waals surface area (Å²) in [7, 11) is 0. The molecule has 1 atom stereocenters. The maximum Gasteiger partial charge on any atom is 0.323 e. The fraction of sp³-hybridized carbons (Fsp3) is 0.292. The summed E-state index contributed by atoms with van der Waals surface area (Å²) >= 11 is 0. The maximum absolute atomic E-state index is 12.7. The van der Waals surface area contributed by atoms with Gasteiger partial charge in [-0.25, -0.2) is 4.98 Å². The zero-order valence-electron chi connectivity index (χ0n) is 17.0. The third-order valence-electron chi connectivity index (χ3n) is 5.50. The molecule has 0 radical (unpaired) electrons. The number of rotatable bonds is 6. The molecule has 0 saturated heterocycles. The number of fused-ring (bicyclic) bond motifs is 1. The SMILES string of the molecule is CCOC(=O)[C@H]1Cc2ccccc2CN1Cc1cncn1Cc1ccc(C#N)cc1. The zero-order chi connectivity index (χ0) is 20.9. The smallest absolute Gasteiger partial charge is 0.323 e. The molecule has 152 valence electrons. The number of carbonyl (C=O) groups is 1. The minimum atomic E-state index is -0.307. The first-order valence-corrected chi connectivity index (χ1v) is 10.1. The van der Waals surface area contributed by atoms with Gasteiger partial charge in [0.1, 0.15) is 6.04 Å². The van der Waals surface area contributed by atoms with Crippen LogP contribution >= 0.6 is 0 Å². The number of benzene rings is 2. The van der Waals surface area contributed by atoms with Crippen molar-refractivity contribution in [1.82, 2.24) is 14.5 Å². The molecule has 1 aromatic heterocycles. The van der Waals surface area contributed by atoms with Crippen molar-refractivity contribution < 1.29 is 9.53 Å². The van der Waals surface area contributed by atoms with E-state index >= 15 is 0 Å². The van der Waals surface area contributed by atoms with Gasteiger partial charge in [0, 0.05) is 25.8 Å². The van der Waals surface area contributed by atoms with Crippen LogP contribution in [-0.4, -0.2) is 33.1 Å². The quantitative estimate of drug-likeness (QED) is 0.594. The summed E-state index contributed by atoms with van der Waals surface area (Å²) in [6.07, 6.45) is 4.32. The van der Waals surface area contributed by atoms with Crippen molar-refractivity contribution in [2.24, 2.45) is 0 Å². The van der Waals surface area contributed by atoms with Gasteiger partial charge in [0.05, 0.1) is 30.3 Å². The fourth-order valence-electron chi connectivity index (χ4n) is 3.93. The van der Waals surface area contributed by atoms with Crippen LogP contribution in [0.4, 0.5) is 0 Å². The molecule has 0 unspecified atom stereocenters. The minimum absolute atomic E-state index is 0.176. The van der Waals surface area contributed by atoms with Gasteiger partial charge in [-0.05, 0) is 42.2 Å². The van der Waals surface area contributed by atoms with Gasteiger partial charge in [0.15, 0.2) is 0 Å². The molecular weight excluding hydrogens is 376 g/mol. The van der Waals surface area contributed by atoms with Gasteiger partial charge in [-0.3, -0.25) is 9.69 Å². The van der Waals surface area contributed by atoms with Gasteiger partial charge >= 0.3 is 5.97 Å². The highest BCUT2D eigenvalue weighted by Crippen LogP contribution is 2.26. The topological polar surface area (TPSA) is 71.2 Å². The van der Waals surface area contributed by atoms with Gasteiger partial charge in [0.2, 0.25) is 0 Å². The van der Waals surface area contributed by atoms with Crippen LogP contribution in [0.5, 0.6) is 0 Å². The van der Waals surface area contributed by atoms with Crippen LogP contribution in [0, 0.1) is 11.3 Å². The van der Waals surface area contributed by atoms with E-state index in [1.54, 1.807) is 0 Å². The second kappa shape index (κ2) is 8.93. The van der Waals surface area contributed by atoms with Gasteiger partial charge in [-0.15, -0.1) is 0 Å². The Morgan fingerprint density at radius 1 is 1.17 bits per heavy atom. The van der Waals surface area contributed by atoms with Gasteiger partial charge in [-0.2, -0.15) is 5.26 Å². The molecule has 0 bridgehead atoms. The Morgan fingerprint density at radius 3 is 2.67 bits per heavy atom. The Labute approximate surface area is 176 Å². The van der Waals surface area contributed by atoms with Gasteiger partial charge in [0.25, 0.3) is 0 Å². The molecule has 0 N–H and O–H groups in total. The largest absolute Gasteiger partial charge is 0.465 e. The first kappa shape index (κ1) is 19.9. The Bertz CT molecular complexity index is 1070. The number of ether oxygens (including phenoxy) is 1. The molecule has 1 aliphatic rings. The first-order valence-electron chi connectivity index (χ1n) is 10.1. The molecule has 0 aliphatic carbocycles. The van der Waals surface area contributed by atoms with Crippen molar-refractivity contribution in [3.8, 4) is 6.07 Å². The molecule has 0 amide bonds. The van der Waals surface area contributed by atoms with E-state index in [0.717, 1.165) is 11.3 Å². The predicted octanol–water partition coefficient (Wildman–Crippen LogP) is 3.29. The lowest BCUT2D eigenvalue weighted by molar-refractivity contribution is -0.150. The lowest BCUT2D eigenvalue weighted by atomic mass is 9.94. The number of carbonyl (C=O) groups excluding carboxylic acids is 1. The molecule has 2 heterocycles. The summed E-state index contributed by atoms with van der Waals surface area (Å²) in [4.78, 5) is 19.2. The van der Waals surface area contributed by atoms with Crippen LogP contribution in [0.15, 0.2) is 61.1 Å². The number of esters is 1. The summed E-state index contributed by atoms with van der Waals surface area (Å²) in [5.41, 5.74) is 5.23. The molecule has 0 fully saturated rings. The number of aromatic nitrogens is 2. The molecule has 3 aromatic rings. The maximum atomic E-state index is 12.7. The molecular formula is C24H24N4O2. The van der Waals surface area contributed by atoms with Gasteiger partial charge < -0.3 is 9.30 Å². The van der Waals surface area contributed by atoms with Crippen molar-refractivity contribution in [2.75, 3.05) is 6.61 Å². The van der Waals surface area contributed by atoms with Crippen LogP contribution in [0.25, 0.3) is 0 Å². The van der Waals surface area contributed by atoms with Crippen LogP contribution in [0.1, 0.15) is 34.9 Å². The Balaban J connectivity index is 1.55. The Morgan fingerprint density at radius 2 is 1.93 bits per heavy atom. The van der Waals surface area contributed by atoms with Crippen molar-refractivity contribution in [2.45, 2.75) is 39.0 Å². The number of hydrogen-bond acceptors (Lipinski definition) is 5. The molecule has 0 spiro atoms. The fourth-order valence-corrected chi connectivity index (χ4v) is 3.93. The van der Waals surface area contributed by atoms with E-state index in [1.807, 2.05) is 55.8 Å². The highest BCUT2D eigenvalue weighted by Gasteiger charge is 2.33. The Kier molecular flexibility index (Phi) is 5.92. The standard InChI is InChI=1S/C24H24N4O2/c1-2-30-24(29)23-11-20-5-3-4-6-21(20)15-27(23)16-22-13-26-17-28(22)14-19-9-7-18(12-25)8-10-19/h3-10,13,17,23H,2,11,14-16H2,1H3/t23-/m1/s1. The lowest BCUT2D eigenvalue weighted by Crippen LogP contribution is -2.46. The molecule has 6 heteroatoms. The molecule has 4 rings (SSSR count). The zero-order valence-corrected chi connectivity index (χ0v) is 17.0. The van der Waals surface area contributed by atoms with Gasteiger partial charge in [-0.1, -0.05) is 36.4 Å². The van der Waals surface area contributed by atoms with E-state index < -0.39 is 0 Å². The second-order valence-electron chi connectivity index (χ2n) is 7.47. The number of hydrogen-bond donors (Lipinski definition) is 0. The molecule has 2 aromatic carbocycles. The highest BCUT2D eigenvalue weighted by atomic mass is 16.5. The lowest BCUT2D eigenvalue weighted by Gasteiger charge is -2.35. The van der Waals surface area contributed by atoms with E-state index in [2.05, 4.69) is 32.7 Å². The Hall–Kier alpha value is -3.43. The summed E-state index contributed by atoms with van der Waals surface area (Å²) in [5.74, 6) is -0.176. The number of nitrogens with zero attached hydrogens (tertiary/aromatic N) is 4. The number of imidazole rings is 1. The first-order chi connectivity index (χ1) is 14.7. The van der Waals surface area contributed by atoms with E-state index in [-0.39, 0.29) is 12.0 Å². The molecule has 30 heavy (non-hydrogen) atoms. The van der Waals surface area contributed by atoms with Crippen LogP contribution in [-0.2, 0) is 35.6 Å². The summed E-state index contributed by atoms with van der Waals surface area (Å²) in [5, 5.41) is 8.98. The summed E-state index contributed by atoms with van der Waals surface area (Å²) in [6.45, 7) is 4.18. The minimum Gasteiger partial charge on any atom is -0.465 e. The molecule has 6 nitrogen and oxygen atoms in total. The van der Waals surface area contributed by atoms with Crippen molar-refractivity contribution in [3.05, 3.63) is 89.0 Å². The normalized spacial score (nSPS) is 15.9. The van der Waals surface area contributed by atoms with E-state index in [9.17, 15) is 4.79 Å². The second-order valence-corrected chi connectivity index (χ2v) is 7.47. The van der Waals surface area contributed by atoms with Crippen LogP contribution in [0.2, 0.25) is 0 Å². The number of nitriles is 1. The van der Waals surface area contributed by atoms with E-state index in [0.29, 0.717) is 38.2 Å². The average molecular weight is 400 g/mol. The van der Waals surface area contributed by atoms with E-state index in [4.69, 9.17) is 10.00 Å².